The smallest absolute Gasteiger partial charge is 0.337 e. The first-order valence-corrected chi connectivity index (χ1v) is 8.85. The van der Waals surface area contributed by atoms with Crippen LogP contribution in [0.1, 0.15) is 31.9 Å². The van der Waals surface area contributed by atoms with Gasteiger partial charge in [-0.15, -0.1) is 0 Å². The van der Waals surface area contributed by atoms with Crippen LogP contribution >= 0.6 is 23.2 Å². The number of nitrogens with one attached hydrogen (secondary N) is 1. The average molecular weight is 392 g/mol. The number of esters is 1. The summed E-state index contributed by atoms with van der Waals surface area (Å²) >= 11 is 12.2. The molecule has 2 aliphatic heterocycles. The summed E-state index contributed by atoms with van der Waals surface area (Å²) in [6.45, 7) is 3.49. The highest BCUT2D eigenvalue weighted by molar-refractivity contribution is 6.36. The van der Waals surface area contributed by atoms with E-state index in [-0.39, 0.29) is 12.3 Å². The van der Waals surface area contributed by atoms with E-state index in [2.05, 4.69) is 5.32 Å². The van der Waals surface area contributed by atoms with Gasteiger partial charge >= 0.3 is 5.97 Å². The zero-order valence-corrected chi connectivity index (χ0v) is 15.6. The molecule has 0 fully saturated rings. The van der Waals surface area contributed by atoms with Crippen molar-refractivity contribution in [3.05, 3.63) is 57.4 Å². The second-order valence-electron chi connectivity index (χ2n) is 6.82. The van der Waals surface area contributed by atoms with E-state index in [1.165, 1.54) is 0 Å². The molecule has 2 aromatic rings. The third-order valence-corrected chi connectivity index (χ3v) is 5.16. The van der Waals surface area contributed by atoms with Gasteiger partial charge in [-0.1, -0.05) is 23.2 Å². The summed E-state index contributed by atoms with van der Waals surface area (Å²) in [5.41, 5.74) is 0.769. The van der Waals surface area contributed by atoms with Gasteiger partial charge in [0.2, 0.25) is 5.91 Å². The highest BCUT2D eigenvalue weighted by Gasteiger charge is 2.48. The number of hydrogen-bond acceptors (Lipinski definition) is 4. The van der Waals surface area contributed by atoms with Gasteiger partial charge in [-0.25, -0.2) is 4.79 Å². The molecule has 1 amide bonds. The van der Waals surface area contributed by atoms with Crippen LogP contribution in [0.2, 0.25) is 10.0 Å². The third-order valence-electron chi connectivity index (χ3n) is 4.61. The summed E-state index contributed by atoms with van der Waals surface area (Å²) < 4.78 is 11.4. The van der Waals surface area contributed by atoms with E-state index in [9.17, 15) is 9.59 Å². The predicted octanol–water partition coefficient (Wildman–Crippen LogP) is 4.45. The molecule has 5 nitrogen and oxygen atoms in total. The van der Waals surface area contributed by atoms with Gasteiger partial charge in [-0.2, -0.15) is 0 Å². The summed E-state index contributed by atoms with van der Waals surface area (Å²) in [6.07, 6.45) is 0.116. The molecular weight excluding hydrogens is 377 g/mol. The van der Waals surface area contributed by atoms with E-state index in [0.29, 0.717) is 38.4 Å². The van der Waals surface area contributed by atoms with Gasteiger partial charge in [0.05, 0.1) is 22.2 Å². The molecule has 7 heteroatoms. The molecule has 134 valence electrons. The number of furan rings is 1. The summed E-state index contributed by atoms with van der Waals surface area (Å²) in [7, 11) is 0. The van der Waals surface area contributed by atoms with Crippen molar-refractivity contribution < 1.29 is 18.7 Å². The summed E-state index contributed by atoms with van der Waals surface area (Å²) in [5.74, 6) is -0.0450. The van der Waals surface area contributed by atoms with Crippen LogP contribution in [-0.2, 0) is 14.3 Å². The molecule has 26 heavy (non-hydrogen) atoms. The van der Waals surface area contributed by atoms with Crippen molar-refractivity contribution in [1.82, 2.24) is 5.32 Å². The molecule has 0 unspecified atom stereocenters. The predicted molar refractivity (Wildman–Crippen MR) is 96.9 cm³/mol. The number of benzene rings is 1. The van der Waals surface area contributed by atoms with E-state index in [4.69, 9.17) is 32.4 Å². The van der Waals surface area contributed by atoms with Gasteiger partial charge in [0, 0.05) is 17.0 Å². The molecule has 1 aromatic heterocycles. The standard InChI is InChI=1S/C19H15Cl2NO4/c1-19(2)17-16(18(24)26-19)11(8-15(23)22-17)14-6-5-13(25-14)10-4-3-9(20)7-12(10)21/h3-7,11H,8H2,1-2H3,(H,22,23)/t11-/m0/s1. The quantitative estimate of drug-likeness (QED) is 0.767. The SMILES string of the molecule is CC1(C)OC(=O)C2=C1NC(=O)C[C@H]2c1ccc(-c2ccc(Cl)cc2Cl)o1. The molecule has 0 saturated carbocycles. The Morgan fingerprint density at radius 2 is 1.92 bits per heavy atom. The van der Waals surface area contributed by atoms with Crippen LogP contribution < -0.4 is 5.32 Å². The largest absolute Gasteiger partial charge is 0.460 e. The van der Waals surface area contributed by atoms with Crippen LogP contribution in [0.25, 0.3) is 11.3 Å². The first-order valence-electron chi connectivity index (χ1n) is 8.09. The molecule has 0 radical (unpaired) electrons. The van der Waals surface area contributed by atoms with E-state index in [1.54, 1.807) is 44.2 Å². The molecule has 4 rings (SSSR count). The number of halogens is 2. The van der Waals surface area contributed by atoms with Crippen LogP contribution in [-0.4, -0.2) is 17.5 Å². The lowest BCUT2D eigenvalue weighted by Gasteiger charge is -2.26. The van der Waals surface area contributed by atoms with Gasteiger partial charge in [0.1, 0.15) is 17.1 Å². The van der Waals surface area contributed by atoms with E-state index in [1.807, 2.05) is 0 Å². The van der Waals surface area contributed by atoms with Crippen LogP contribution in [0.3, 0.4) is 0 Å². The fourth-order valence-corrected chi connectivity index (χ4v) is 3.90. The molecule has 0 aliphatic carbocycles. The minimum atomic E-state index is -0.865. The normalized spacial score (nSPS) is 21.5. The topological polar surface area (TPSA) is 68.5 Å². The van der Waals surface area contributed by atoms with E-state index in [0.717, 1.165) is 0 Å². The maximum Gasteiger partial charge on any atom is 0.337 e. The molecule has 0 saturated heterocycles. The fourth-order valence-electron chi connectivity index (χ4n) is 3.39. The van der Waals surface area contributed by atoms with Gasteiger partial charge in [-0.05, 0) is 44.2 Å². The van der Waals surface area contributed by atoms with Crippen molar-refractivity contribution in [2.75, 3.05) is 0 Å². The first-order chi connectivity index (χ1) is 12.3. The van der Waals surface area contributed by atoms with Gasteiger partial charge < -0.3 is 14.5 Å². The highest BCUT2D eigenvalue weighted by Crippen LogP contribution is 2.44. The number of rotatable bonds is 2. The molecule has 0 spiro atoms. The van der Waals surface area contributed by atoms with Gasteiger partial charge in [-0.3, -0.25) is 4.79 Å². The number of cyclic esters (lactones) is 1. The highest BCUT2D eigenvalue weighted by atomic mass is 35.5. The number of ether oxygens (including phenoxy) is 1. The van der Waals surface area contributed by atoms with Crippen molar-refractivity contribution in [1.29, 1.82) is 0 Å². The molecule has 1 aromatic carbocycles. The second-order valence-corrected chi connectivity index (χ2v) is 7.66. The molecule has 3 heterocycles. The first kappa shape index (κ1) is 17.2. The zero-order chi connectivity index (χ0) is 18.6. The molecule has 0 bridgehead atoms. The lowest BCUT2D eigenvalue weighted by atomic mass is 9.86. The Bertz CT molecular complexity index is 974. The maximum atomic E-state index is 12.4. The van der Waals surface area contributed by atoms with E-state index >= 15 is 0 Å². The Kier molecular flexibility index (Phi) is 3.90. The molecule has 2 aliphatic rings. The van der Waals surface area contributed by atoms with Crippen molar-refractivity contribution in [2.45, 2.75) is 31.8 Å². The lowest BCUT2D eigenvalue weighted by Crippen LogP contribution is -2.38. The number of amides is 1. The summed E-state index contributed by atoms with van der Waals surface area (Å²) in [5, 5.41) is 3.76. The van der Waals surface area contributed by atoms with Crippen LogP contribution in [0.4, 0.5) is 0 Å². The van der Waals surface area contributed by atoms with E-state index < -0.39 is 17.5 Å². The number of hydrogen-bond donors (Lipinski definition) is 1. The Hall–Kier alpha value is -2.24. The average Bonchev–Trinajstić information content (AvgIpc) is 3.10. The Labute approximate surface area is 159 Å². The van der Waals surface area contributed by atoms with Crippen LogP contribution in [0.5, 0.6) is 0 Å². The second kappa shape index (κ2) is 5.89. The minimum Gasteiger partial charge on any atom is -0.460 e. The third kappa shape index (κ3) is 2.72. The van der Waals surface area contributed by atoms with Crippen molar-refractivity contribution >= 4 is 35.1 Å². The Morgan fingerprint density at radius 3 is 2.65 bits per heavy atom. The molecular formula is C19H15Cl2NO4. The van der Waals surface area contributed by atoms with Gasteiger partial charge in [0.15, 0.2) is 0 Å². The number of carbonyl (C=O) groups excluding carboxylic acids is 2. The molecule has 1 N–H and O–H groups in total. The van der Waals surface area contributed by atoms with Crippen molar-refractivity contribution in [3.8, 4) is 11.3 Å². The Morgan fingerprint density at radius 1 is 1.15 bits per heavy atom. The summed E-state index contributed by atoms with van der Waals surface area (Å²) in [4.78, 5) is 24.5. The summed E-state index contributed by atoms with van der Waals surface area (Å²) in [6, 6.07) is 8.64. The van der Waals surface area contributed by atoms with Crippen LogP contribution in [0, 0.1) is 0 Å². The number of carbonyl (C=O) groups is 2. The van der Waals surface area contributed by atoms with Crippen molar-refractivity contribution in [2.24, 2.45) is 0 Å². The van der Waals surface area contributed by atoms with Crippen LogP contribution in [0.15, 0.2) is 46.0 Å². The fraction of sp³-hybridized carbons (Fsp3) is 0.263. The monoisotopic (exact) mass is 391 g/mol. The molecule has 1 atom stereocenters. The maximum absolute atomic E-state index is 12.4. The van der Waals surface area contributed by atoms with Crippen molar-refractivity contribution in [3.63, 3.8) is 0 Å². The van der Waals surface area contributed by atoms with Gasteiger partial charge in [0.25, 0.3) is 0 Å². The lowest BCUT2D eigenvalue weighted by molar-refractivity contribution is -0.144. The Balaban J connectivity index is 1.76. The minimum absolute atomic E-state index is 0.116. The zero-order valence-electron chi connectivity index (χ0n) is 14.1.